The highest BCUT2D eigenvalue weighted by Gasteiger charge is 2.41. The molecule has 4 unspecified atom stereocenters. The number of ether oxygens (including phenoxy) is 1. The van der Waals surface area contributed by atoms with E-state index in [1.165, 1.54) is 0 Å². The molecule has 1 N–H and O–H groups in total. The zero-order valence-corrected chi connectivity index (χ0v) is 12.3. The maximum absolute atomic E-state index is 5.82. The van der Waals surface area contributed by atoms with Crippen molar-refractivity contribution >= 4 is 0 Å². The third kappa shape index (κ3) is 3.34. The van der Waals surface area contributed by atoms with E-state index in [2.05, 4.69) is 43.2 Å². The van der Waals surface area contributed by atoms with Crippen LogP contribution in [0.1, 0.15) is 51.8 Å². The highest BCUT2D eigenvalue weighted by molar-refractivity contribution is 5.02. The van der Waals surface area contributed by atoms with E-state index in [0.717, 1.165) is 37.7 Å². The van der Waals surface area contributed by atoms with Crippen LogP contribution < -0.4 is 5.32 Å². The van der Waals surface area contributed by atoms with Gasteiger partial charge in [0, 0.05) is 13.0 Å². The summed E-state index contributed by atoms with van der Waals surface area (Å²) in [6, 6.07) is 0. The summed E-state index contributed by atoms with van der Waals surface area (Å²) >= 11 is 0. The van der Waals surface area contributed by atoms with Crippen molar-refractivity contribution in [2.75, 3.05) is 13.1 Å². The van der Waals surface area contributed by atoms with Crippen molar-refractivity contribution in [2.45, 2.75) is 58.7 Å². The molecule has 4 atom stereocenters. The molecule has 2 rings (SSSR count). The molecule has 1 aromatic rings. The summed E-state index contributed by atoms with van der Waals surface area (Å²) in [5.41, 5.74) is 0. The summed E-state index contributed by atoms with van der Waals surface area (Å²) in [6.45, 7) is 10.4. The minimum Gasteiger partial charge on any atom is -0.425 e. The largest absolute Gasteiger partial charge is 0.425 e. The van der Waals surface area contributed by atoms with E-state index in [1.54, 1.807) is 0 Å². The summed E-state index contributed by atoms with van der Waals surface area (Å²) < 4.78 is 11.6. The number of rotatable bonds is 6. The molecule has 1 aliphatic rings. The molecule has 1 fully saturated rings. The third-order valence-electron chi connectivity index (χ3n) is 3.95. The minimum atomic E-state index is 0.150. The van der Waals surface area contributed by atoms with Crippen LogP contribution in [0, 0.1) is 5.92 Å². The molecular formula is C14H25N3O2. The van der Waals surface area contributed by atoms with Gasteiger partial charge in [0.15, 0.2) is 0 Å². The number of nitrogens with zero attached hydrogens (tertiary/aromatic N) is 2. The van der Waals surface area contributed by atoms with Gasteiger partial charge in [-0.2, -0.15) is 0 Å². The summed E-state index contributed by atoms with van der Waals surface area (Å²) in [5.74, 6) is 2.09. The molecule has 5 heteroatoms. The summed E-state index contributed by atoms with van der Waals surface area (Å²) in [7, 11) is 0. The second kappa shape index (κ2) is 6.48. The predicted molar refractivity (Wildman–Crippen MR) is 73.1 cm³/mol. The Balaban J connectivity index is 1.93. The van der Waals surface area contributed by atoms with Gasteiger partial charge in [0.05, 0.1) is 18.1 Å². The fourth-order valence-corrected chi connectivity index (χ4v) is 2.69. The van der Waals surface area contributed by atoms with Crippen LogP contribution in [0.4, 0.5) is 0 Å². The van der Waals surface area contributed by atoms with Crippen molar-refractivity contribution in [3.63, 3.8) is 0 Å². The lowest BCUT2D eigenvalue weighted by Crippen LogP contribution is -2.17. The summed E-state index contributed by atoms with van der Waals surface area (Å²) in [6.07, 6.45) is 2.33. The van der Waals surface area contributed by atoms with Gasteiger partial charge in [-0.3, -0.25) is 0 Å². The van der Waals surface area contributed by atoms with Crippen molar-refractivity contribution < 1.29 is 9.15 Å². The normalized spacial score (nSPS) is 30.9. The summed E-state index contributed by atoms with van der Waals surface area (Å²) in [5, 5.41) is 11.7. The highest BCUT2D eigenvalue weighted by Crippen LogP contribution is 2.38. The maximum atomic E-state index is 5.82. The lowest BCUT2D eigenvalue weighted by atomic mass is 9.89. The molecular weight excluding hydrogens is 242 g/mol. The lowest BCUT2D eigenvalue weighted by molar-refractivity contribution is 0.0544. The van der Waals surface area contributed by atoms with Gasteiger partial charge in [-0.15, -0.1) is 10.2 Å². The van der Waals surface area contributed by atoms with E-state index in [-0.39, 0.29) is 18.1 Å². The van der Waals surface area contributed by atoms with Gasteiger partial charge in [0.2, 0.25) is 11.8 Å². The molecule has 1 saturated heterocycles. The van der Waals surface area contributed by atoms with Crippen molar-refractivity contribution in [1.29, 1.82) is 0 Å². The van der Waals surface area contributed by atoms with Gasteiger partial charge < -0.3 is 14.5 Å². The minimum absolute atomic E-state index is 0.150. The smallest absolute Gasteiger partial charge is 0.222 e. The fourth-order valence-electron chi connectivity index (χ4n) is 2.69. The average Bonchev–Trinajstić information content (AvgIpc) is 2.91. The van der Waals surface area contributed by atoms with Gasteiger partial charge in [-0.25, -0.2) is 0 Å². The van der Waals surface area contributed by atoms with Crippen molar-refractivity contribution in [3.8, 4) is 0 Å². The summed E-state index contributed by atoms with van der Waals surface area (Å²) in [4.78, 5) is 0. The van der Waals surface area contributed by atoms with Crippen molar-refractivity contribution in [2.24, 2.45) is 5.92 Å². The van der Waals surface area contributed by atoms with Gasteiger partial charge in [-0.05, 0) is 32.7 Å². The van der Waals surface area contributed by atoms with Crippen LogP contribution in [-0.2, 0) is 11.2 Å². The molecule has 0 saturated carbocycles. The van der Waals surface area contributed by atoms with Gasteiger partial charge in [-0.1, -0.05) is 13.8 Å². The van der Waals surface area contributed by atoms with Gasteiger partial charge >= 0.3 is 0 Å². The lowest BCUT2D eigenvalue weighted by Gasteiger charge is -2.13. The molecule has 0 radical (unpaired) electrons. The Morgan fingerprint density at radius 3 is 2.53 bits per heavy atom. The highest BCUT2D eigenvalue weighted by atomic mass is 16.5. The Labute approximate surface area is 115 Å². The van der Waals surface area contributed by atoms with Crippen LogP contribution in [0.15, 0.2) is 4.42 Å². The molecule has 1 aromatic heterocycles. The van der Waals surface area contributed by atoms with Crippen LogP contribution in [0.3, 0.4) is 0 Å². The fraction of sp³-hybridized carbons (Fsp3) is 0.857. The van der Waals surface area contributed by atoms with E-state index in [9.17, 15) is 0 Å². The predicted octanol–water partition coefficient (Wildman–Crippen LogP) is 2.14. The van der Waals surface area contributed by atoms with E-state index < -0.39 is 0 Å². The number of hydrogen-bond donors (Lipinski definition) is 1. The Hall–Kier alpha value is -0.940. The maximum Gasteiger partial charge on any atom is 0.222 e. The second-order valence-electron chi connectivity index (χ2n) is 5.47. The molecule has 0 amide bonds. The standard InChI is InChI=1S/C14H25N3O2/c1-5-7-15-8-6-12-16-17-14(19-12)13-9(2)10(3)18-11(13)4/h9-11,13,15H,5-8H2,1-4H3. The van der Waals surface area contributed by atoms with E-state index in [0.29, 0.717) is 5.92 Å². The van der Waals surface area contributed by atoms with Gasteiger partial charge in [0.1, 0.15) is 0 Å². The number of aromatic nitrogens is 2. The van der Waals surface area contributed by atoms with E-state index in [1.807, 2.05) is 0 Å². The zero-order chi connectivity index (χ0) is 13.8. The molecule has 1 aliphatic heterocycles. The van der Waals surface area contributed by atoms with E-state index in [4.69, 9.17) is 9.15 Å². The number of hydrogen-bond acceptors (Lipinski definition) is 5. The van der Waals surface area contributed by atoms with E-state index >= 15 is 0 Å². The molecule has 108 valence electrons. The topological polar surface area (TPSA) is 60.2 Å². The molecule has 0 aliphatic carbocycles. The number of nitrogens with one attached hydrogen (secondary N) is 1. The van der Waals surface area contributed by atoms with Crippen molar-refractivity contribution in [1.82, 2.24) is 15.5 Å². The Kier molecular flexibility index (Phi) is 4.93. The molecule has 0 bridgehead atoms. The first-order valence-corrected chi connectivity index (χ1v) is 7.32. The Morgan fingerprint density at radius 2 is 1.89 bits per heavy atom. The third-order valence-corrected chi connectivity index (χ3v) is 3.95. The quantitative estimate of drug-likeness (QED) is 0.800. The molecule has 5 nitrogen and oxygen atoms in total. The van der Waals surface area contributed by atoms with Crippen LogP contribution in [-0.4, -0.2) is 35.5 Å². The first-order chi connectivity index (χ1) is 9.13. The van der Waals surface area contributed by atoms with Crippen LogP contribution in [0.25, 0.3) is 0 Å². The monoisotopic (exact) mass is 267 g/mol. The van der Waals surface area contributed by atoms with Crippen LogP contribution >= 0.6 is 0 Å². The molecule has 0 spiro atoms. The molecule has 19 heavy (non-hydrogen) atoms. The first kappa shape index (κ1) is 14.5. The Bertz CT molecular complexity index is 394. The zero-order valence-electron chi connectivity index (χ0n) is 12.3. The second-order valence-corrected chi connectivity index (χ2v) is 5.47. The SMILES string of the molecule is CCCNCCc1nnc(C2C(C)OC(C)C2C)o1. The molecule has 2 heterocycles. The first-order valence-electron chi connectivity index (χ1n) is 7.32. The van der Waals surface area contributed by atoms with Crippen LogP contribution in [0.5, 0.6) is 0 Å². The van der Waals surface area contributed by atoms with Crippen molar-refractivity contribution in [3.05, 3.63) is 11.8 Å². The van der Waals surface area contributed by atoms with Crippen LogP contribution in [0.2, 0.25) is 0 Å². The van der Waals surface area contributed by atoms with Gasteiger partial charge in [0.25, 0.3) is 0 Å². The Morgan fingerprint density at radius 1 is 1.11 bits per heavy atom. The average molecular weight is 267 g/mol. The molecule has 0 aromatic carbocycles.